The molecular formula is C23H20ClN2O5PS. The van der Waals surface area contributed by atoms with Crippen LogP contribution in [0.4, 0.5) is 0 Å². The Hall–Kier alpha value is -2.95. The first kappa shape index (κ1) is 24.7. The maximum Gasteiger partial charge on any atom is 0.411 e. The third-order valence-electron chi connectivity index (χ3n) is 4.29. The van der Waals surface area contributed by atoms with E-state index in [-0.39, 0.29) is 6.54 Å². The van der Waals surface area contributed by atoms with Crippen LogP contribution in [0, 0.1) is 11.3 Å². The monoisotopic (exact) mass is 502 g/mol. The Kier molecular flexibility index (Phi) is 8.81. The van der Waals surface area contributed by atoms with Gasteiger partial charge in [-0.25, -0.2) is 0 Å². The lowest BCUT2D eigenvalue weighted by atomic mass is 10.3. The van der Waals surface area contributed by atoms with E-state index in [0.29, 0.717) is 28.0 Å². The highest BCUT2D eigenvalue weighted by Crippen LogP contribution is 2.41. The highest BCUT2D eigenvalue weighted by Gasteiger charge is 2.45. The molecule has 0 saturated heterocycles. The molecular weight excluding hydrogens is 483 g/mol. The number of hydrogen-bond acceptors (Lipinski definition) is 8. The Labute approximate surface area is 203 Å². The van der Waals surface area contributed by atoms with Crippen LogP contribution in [-0.2, 0) is 4.57 Å². The second-order valence-corrected chi connectivity index (χ2v) is 8.71. The number of ether oxygens (including phenoxy) is 4. The largest absolute Gasteiger partial charge is 0.497 e. The van der Waals surface area contributed by atoms with E-state index in [1.165, 1.54) is 4.31 Å². The van der Waals surface area contributed by atoms with E-state index >= 15 is 0 Å². The summed E-state index contributed by atoms with van der Waals surface area (Å²) in [5.74, 6) is 2.00. The normalized spacial score (nSPS) is 11.1. The number of nitrogens with zero attached hydrogens (tertiary/aromatic N) is 2. The maximum absolute atomic E-state index is 12.7. The van der Waals surface area contributed by atoms with E-state index < -0.39 is 14.1 Å². The molecule has 0 aromatic heterocycles. The van der Waals surface area contributed by atoms with Crippen LogP contribution in [-0.4, -0.2) is 30.7 Å². The second kappa shape index (κ2) is 11.8. The highest BCUT2D eigenvalue weighted by molar-refractivity contribution is 7.97. The number of nitriles is 1. The zero-order chi connectivity index (χ0) is 23.7. The molecule has 0 atom stereocenters. The van der Waals surface area contributed by atoms with Gasteiger partial charge in [0.1, 0.15) is 29.5 Å². The molecule has 7 nitrogen and oxygen atoms in total. The first-order chi connectivity index (χ1) is 16.0. The minimum atomic E-state index is -1.87. The molecule has 33 heavy (non-hydrogen) atoms. The first-order valence-corrected chi connectivity index (χ1v) is 11.6. The summed E-state index contributed by atoms with van der Waals surface area (Å²) in [6.07, 6.45) is 0. The van der Waals surface area contributed by atoms with Gasteiger partial charge in [0.2, 0.25) is 0 Å². The summed E-state index contributed by atoms with van der Waals surface area (Å²) in [7, 11) is 2.58. The molecule has 0 fully saturated rings. The van der Waals surface area contributed by atoms with Gasteiger partial charge in [-0.05, 0) is 84.7 Å². The quantitative estimate of drug-likeness (QED) is 0.132. The molecule has 0 N–H and O–H groups in total. The summed E-state index contributed by atoms with van der Waals surface area (Å²) in [4.78, 5) is 0.749. The van der Waals surface area contributed by atoms with Crippen LogP contribution in [0.3, 0.4) is 0 Å². The zero-order valence-electron chi connectivity index (χ0n) is 17.8. The van der Waals surface area contributed by atoms with Crippen LogP contribution in [0.2, 0.25) is 5.02 Å². The molecule has 0 aliphatic carbocycles. The third kappa shape index (κ3) is 6.53. The van der Waals surface area contributed by atoms with Crippen molar-refractivity contribution in [3.8, 4) is 29.1 Å². The van der Waals surface area contributed by atoms with Gasteiger partial charge in [0.15, 0.2) is 0 Å². The smallest absolute Gasteiger partial charge is 0.411 e. The van der Waals surface area contributed by atoms with Crippen LogP contribution in [0.15, 0.2) is 77.7 Å². The van der Waals surface area contributed by atoms with Crippen LogP contribution >= 0.6 is 32.0 Å². The minimum absolute atomic E-state index is 0.158. The molecule has 0 aliphatic heterocycles. The molecule has 3 rings (SSSR count). The van der Waals surface area contributed by atoms with Gasteiger partial charge in [-0.2, -0.15) is 5.26 Å². The first-order valence-electron chi connectivity index (χ1n) is 9.60. The van der Waals surface area contributed by atoms with Crippen molar-refractivity contribution in [2.45, 2.75) is 10.5 Å². The average molecular weight is 503 g/mol. The Morgan fingerprint density at radius 3 is 1.73 bits per heavy atom. The van der Waals surface area contributed by atoms with E-state index in [2.05, 4.69) is 6.07 Å². The molecule has 3 aromatic rings. The molecule has 0 amide bonds. The van der Waals surface area contributed by atoms with E-state index in [1.807, 2.05) is 0 Å². The molecule has 0 bridgehead atoms. The van der Waals surface area contributed by atoms with Gasteiger partial charge in [0, 0.05) is 9.92 Å². The van der Waals surface area contributed by atoms with Crippen molar-refractivity contribution in [2.75, 3.05) is 20.8 Å². The lowest BCUT2D eigenvalue weighted by Gasteiger charge is -2.35. The Morgan fingerprint density at radius 1 is 0.879 bits per heavy atom. The van der Waals surface area contributed by atoms with Crippen molar-refractivity contribution >= 4 is 32.0 Å². The van der Waals surface area contributed by atoms with Crippen LogP contribution in [0.1, 0.15) is 0 Å². The Balaban J connectivity index is 2.00. The van der Waals surface area contributed by atoms with E-state index in [4.69, 9.17) is 30.5 Å². The van der Waals surface area contributed by atoms with Gasteiger partial charge in [-0.15, -0.1) is 4.31 Å². The fourth-order valence-electron chi connectivity index (χ4n) is 2.68. The SMILES string of the molecule is COc1ccc(OC(Oc2ccc(OC)cc2)(P=O)N(CC#N)Sc2ccc(Cl)cc2)cc1. The van der Waals surface area contributed by atoms with Crippen molar-refractivity contribution in [2.24, 2.45) is 0 Å². The van der Waals surface area contributed by atoms with E-state index in [0.717, 1.165) is 16.8 Å². The summed E-state index contributed by atoms with van der Waals surface area (Å²) in [6.45, 7) is -0.158. The molecule has 0 saturated carbocycles. The molecule has 0 heterocycles. The summed E-state index contributed by atoms with van der Waals surface area (Å²) >= 11 is 7.15. The molecule has 170 valence electrons. The van der Waals surface area contributed by atoms with E-state index in [1.54, 1.807) is 87.0 Å². The maximum atomic E-state index is 12.7. The minimum Gasteiger partial charge on any atom is -0.497 e. The van der Waals surface area contributed by atoms with Crippen molar-refractivity contribution in [3.63, 3.8) is 0 Å². The van der Waals surface area contributed by atoms with Gasteiger partial charge in [0.25, 0.3) is 8.46 Å². The fourth-order valence-corrected chi connectivity index (χ4v) is 4.30. The number of methoxy groups -OCH3 is 2. The third-order valence-corrected chi connectivity index (χ3v) is 6.41. The number of hydrogen-bond donors (Lipinski definition) is 0. The van der Waals surface area contributed by atoms with Crippen molar-refractivity contribution in [1.29, 1.82) is 5.26 Å². The van der Waals surface area contributed by atoms with Crippen molar-refractivity contribution in [3.05, 3.63) is 77.8 Å². The summed E-state index contributed by atoms with van der Waals surface area (Å²) in [6, 6.07) is 22.6. The molecule has 0 spiro atoms. The van der Waals surface area contributed by atoms with Gasteiger partial charge in [-0.3, -0.25) is 4.57 Å². The van der Waals surface area contributed by atoms with Gasteiger partial charge < -0.3 is 18.9 Å². The predicted octanol–water partition coefficient (Wildman–Crippen LogP) is 6.25. The molecule has 0 radical (unpaired) electrons. The second-order valence-electron chi connectivity index (χ2n) is 6.43. The summed E-state index contributed by atoms with van der Waals surface area (Å²) in [5.41, 5.74) is -1.87. The van der Waals surface area contributed by atoms with E-state index in [9.17, 15) is 9.83 Å². The average Bonchev–Trinajstić information content (AvgIpc) is 2.85. The highest BCUT2D eigenvalue weighted by atomic mass is 35.5. The summed E-state index contributed by atoms with van der Waals surface area (Å²) < 4.78 is 36.7. The zero-order valence-corrected chi connectivity index (χ0v) is 20.3. The summed E-state index contributed by atoms with van der Waals surface area (Å²) in [5, 5.41) is 10.1. The topological polar surface area (TPSA) is 81.0 Å². The Morgan fingerprint density at radius 2 is 1.33 bits per heavy atom. The van der Waals surface area contributed by atoms with Gasteiger partial charge >= 0.3 is 5.65 Å². The molecule has 0 aliphatic rings. The van der Waals surface area contributed by atoms with Crippen LogP contribution in [0.25, 0.3) is 0 Å². The van der Waals surface area contributed by atoms with Gasteiger partial charge in [0.05, 0.1) is 20.3 Å². The fraction of sp³-hybridized carbons (Fsp3) is 0.174. The van der Waals surface area contributed by atoms with Crippen LogP contribution < -0.4 is 18.9 Å². The number of benzene rings is 3. The molecule has 3 aromatic carbocycles. The molecule has 0 unspecified atom stereocenters. The van der Waals surface area contributed by atoms with Crippen LogP contribution in [0.5, 0.6) is 23.0 Å². The lowest BCUT2D eigenvalue weighted by molar-refractivity contribution is -0.107. The van der Waals surface area contributed by atoms with Crippen molar-refractivity contribution in [1.82, 2.24) is 4.31 Å². The number of halogens is 1. The number of rotatable bonds is 11. The predicted molar refractivity (Wildman–Crippen MR) is 127 cm³/mol. The van der Waals surface area contributed by atoms with Gasteiger partial charge in [-0.1, -0.05) is 11.6 Å². The van der Waals surface area contributed by atoms with Crippen molar-refractivity contribution < 1.29 is 23.5 Å². The standard InChI is InChI=1S/C23H20ClN2O5PS/c1-28-18-5-9-20(10-6-18)30-23(32-27,31-21-11-7-19(29-2)8-12-21)26(16-15-25)33-22-13-3-17(24)4-14-22/h3-14H,16H2,1-2H3. The Bertz CT molecular complexity index is 1040. The molecule has 10 heteroatoms. The lowest BCUT2D eigenvalue weighted by Crippen LogP contribution is -2.50.